The number of rotatable bonds is 6. The Morgan fingerprint density at radius 1 is 1.18 bits per heavy atom. The summed E-state index contributed by atoms with van der Waals surface area (Å²) in [6, 6.07) is 9.58. The molecule has 2 heterocycles. The van der Waals surface area contributed by atoms with Crippen molar-refractivity contribution in [1.82, 2.24) is 14.9 Å². The molecule has 0 radical (unpaired) electrons. The molecule has 0 amide bonds. The summed E-state index contributed by atoms with van der Waals surface area (Å²) in [6.07, 6.45) is 5.78. The third-order valence-electron chi connectivity index (χ3n) is 6.07. The fourth-order valence-corrected chi connectivity index (χ4v) is 5.59. The highest BCUT2D eigenvalue weighted by atomic mass is 32.1. The first-order chi connectivity index (χ1) is 13.6. The molecule has 2 aliphatic rings. The van der Waals surface area contributed by atoms with Crippen LogP contribution in [0, 0.1) is 0 Å². The van der Waals surface area contributed by atoms with Crippen LogP contribution in [-0.4, -0.2) is 20.9 Å². The van der Waals surface area contributed by atoms with E-state index < -0.39 is 0 Å². The van der Waals surface area contributed by atoms with Crippen LogP contribution in [-0.2, 0) is 25.9 Å². The van der Waals surface area contributed by atoms with E-state index in [2.05, 4.69) is 48.0 Å². The molecule has 1 saturated carbocycles. The predicted octanol–water partition coefficient (Wildman–Crippen LogP) is 4.76. The van der Waals surface area contributed by atoms with Crippen LogP contribution in [0.1, 0.15) is 66.4 Å². The van der Waals surface area contributed by atoms with Crippen molar-refractivity contribution < 1.29 is 0 Å². The van der Waals surface area contributed by atoms with Crippen LogP contribution < -0.4 is 5.56 Å². The van der Waals surface area contributed by atoms with Crippen LogP contribution in [0.4, 0.5) is 0 Å². The van der Waals surface area contributed by atoms with Gasteiger partial charge in [-0.2, -0.15) is 0 Å². The maximum atomic E-state index is 12.7. The zero-order valence-corrected chi connectivity index (χ0v) is 17.4. The molecule has 0 bridgehead atoms. The van der Waals surface area contributed by atoms with Crippen molar-refractivity contribution in [1.29, 1.82) is 0 Å². The van der Waals surface area contributed by atoms with E-state index in [0.29, 0.717) is 18.5 Å². The lowest BCUT2D eigenvalue weighted by Crippen LogP contribution is -2.27. The highest BCUT2D eigenvalue weighted by molar-refractivity contribution is 7.18. The van der Waals surface area contributed by atoms with Gasteiger partial charge in [-0.1, -0.05) is 38.1 Å². The third-order valence-corrected chi connectivity index (χ3v) is 7.26. The van der Waals surface area contributed by atoms with E-state index in [1.54, 1.807) is 11.3 Å². The van der Waals surface area contributed by atoms with Crippen molar-refractivity contribution in [3.05, 3.63) is 62.0 Å². The molecule has 146 valence electrons. The molecule has 0 aliphatic heterocycles. The van der Waals surface area contributed by atoms with E-state index in [1.165, 1.54) is 40.8 Å². The number of nitrogens with zero attached hydrogens (tertiary/aromatic N) is 2. The second kappa shape index (κ2) is 7.12. The van der Waals surface area contributed by atoms with E-state index in [-0.39, 0.29) is 5.56 Å². The Kier molecular flexibility index (Phi) is 4.60. The van der Waals surface area contributed by atoms with Crippen molar-refractivity contribution >= 4 is 21.6 Å². The average molecular weight is 394 g/mol. The topological polar surface area (TPSA) is 49.0 Å². The summed E-state index contributed by atoms with van der Waals surface area (Å²) in [5.41, 5.74) is 4.01. The number of H-pyrrole nitrogens is 1. The van der Waals surface area contributed by atoms with Gasteiger partial charge >= 0.3 is 0 Å². The van der Waals surface area contributed by atoms with Crippen molar-refractivity contribution in [2.75, 3.05) is 0 Å². The first-order valence-corrected chi connectivity index (χ1v) is 11.3. The fraction of sp³-hybridized carbons (Fsp3) is 0.478. The van der Waals surface area contributed by atoms with Gasteiger partial charge in [0.15, 0.2) is 0 Å². The Bertz CT molecular complexity index is 1060. The maximum absolute atomic E-state index is 12.7. The number of aromatic nitrogens is 2. The van der Waals surface area contributed by atoms with Gasteiger partial charge in [-0.05, 0) is 54.7 Å². The Morgan fingerprint density at radius 2 is 1.96 bits per heavy atom. The van der Waals surface area contributed by atoms with Gasteiger partial charge in [-0.25, -0.2) is 4.98 Å². The Balaban J connectivity index is 1.39. The zero-order chi connectivity index (χ0) is 19.3. The number of nitrogens with one attached hydrogen (secondary N) is 1. The lowest BCUT2D eigenvalue weighted by atomic mass is 10.0. The molecule has 4 nitrogen and oxygen atoms in total. The molecule has 28 heavy (non-hydrogen) atoms. The summed E-state index contributed by atoms with van der Waals surface area (Å²) in [7, 11) is 0. The lowest BCUT2D eigenvalue weighted by molar-refractivity contribution is 0.239. The second-order valence-electron chi connectivity index (χ2n) is 8.58. The molecule has 3 aromatic rings. The number of benzene rings is 1. The van der Waals surface area contributed by atoms with Gasteiger partial charge in [0.1, 0.15) is 10.7 Å². The van der Waals surface area contributed by atoms with Crippen LogP contribution >= 0.6 is 11.3 Å². The molecular weight excluding hydrogens is 366 g/mol. The monoisotopic (exact) mass is 393 g/mol. The van der Waals surface area contributed by atoms with Gasteiger partial charge in [0.2, 0.25) is 0 Å². The quantitative estimate of drug-likeness (QED) is 0.657. The van der Waals surface area contributed by atoms with E-state index in [0.717, 1.165) is 35.4 Å². The molecule has 2 aliphatic carbocycles. The molecule has 5 heteroatoms. The molecular formula is C23H27N3OS. The number of thiophene rings is 1. The molecule has 1 N–H and O–H groups in total. The summed E-state index contributed by atoms with van der Waals surface area (Å²) in [5.74, 6) is 1.37. The molecule has 1 fully saturated rings. The predicted molar refractivity (Wildman–Crippen MR) is 115 cm³/mol. The first kappa shape index (κ1) is 18.1. The minimum Gasteiger partial charge on any atom is -0.309 e. The van der Waals surface area contributed by atoms with Crippen LogP contribution in [0.5, 0.6) is 0 Å². The van der Waals surface area contributed by atoms with E-state index in [9.17, 15) is 4.79 Å². The number of hydrogen-bond donors (Lipinski definition) is 1. The molecule has 0 saturated heterocycles. The molecule has 0 atom stereocenters. The smallest absolute Gasteiger partial charge is 0.259 e. The third kappa shape index (κ3) is 3.42. The fourth-order valence-electron chi connectivity index (χ4n) is 4.31. The van der Waals surface area contributed by atoms with Crippen molar-refractivity contribution in [2.45, 2.75) is 71.0 Å². The summed E-state index contributed by atoms with van der Waals surface area (Å²) in [5, 5.41) is 0.850. The summed E-state index contributed by atoms with van der Waals surface area (Å²) >= 11 is 1.72. The van der Waals surface area contributed by atoms with E-state index >= 15 is 0 Å². The van der Waals surface area contributed by atoms with E-state index in [1.807, 2.05) is 0 Å². The number of hydrogen-bond acceptors (Lipinski definition) is 4. The summed E-state index contributed by atoms with van der Waals surface area (Å²) in [6.45, 7) is 6.07. The van der Waals surface area contributed by atoms with Crippen LogP contribution in [0.25, 0.3) is 10.2 Å². The minimum absolute atomic E-state index is 0.0523. The Labute approximate surface area is 169 Å². The zero-order valence-electron chi connectivity index (χ0n) is 16.6. The number of fused-ring (bicyclic) bond motifs is 3. The average Bonchev–Trinajstić information content (AvgIpc) is 3.32. The van der Waals surface area contributed by atoms with Gasteiger partial charge in [-0.15, -0.1) is 11.3 Å². The molecule has 2 aromatic heterocycles. The van der Waals surface area contributed by atoms with Crippen LogP contribution in [0.2, 0.25) is 0 Å². The van der Waals surface area contributed by atoms with Gasteiger partial charge < -0.3 is 4.98 Å². The second-order valence-corrected chi connectivity index (χ2v) is 9.67. The maximum Gasteiger partial charge on any atom is 0.259 e. The highest BCUT2D eigenvalue weighted by Crippen LogP contribution is 2.35. The SMILES string of the molecule is CC(C)c1ccc(CN(Cc2nc3sc4c(c3c(=O)[nH]2)CCC4)C2CC2)cc1. The van der Waals surface area contributed by atoms with Crippen molar-refractivity contribution in [2.24, 2.45) is 0 Å². The van der Waals surface area contributed by atoms with Crippen LogP contribution in [0.15, 0.2) is 29.1 Å². The number of aryl methyl sites for hydroxylation is 2. The molecule has 0 unspecified atom stereocenters. The summed E-state index contributed by atoms with van der Waals surface area (Å²) in [4.78, 5) is 25.4. The molecule has 1 aromatic carbocycles. The van der Waals surface area contributed by atoms with Gasteiger partial charge in [0, 0.05) is 17.5 Å². The molecule has 0 spiro atoms. The highest BCUT2D eigenvalue weighted by Gasteiger charge is 2.30. The lowest BCUT2D eigenvalue weighted by Gasteiger charge is -2.21. The Morgan fingerprint density at radius 3 is 2.68 bits per heavy atom. The Hall–Kier alpha value is -1.98. The van der Waals surface area contributed by atoms with Gasteiger partial charge in [0.25, 0.3) is 5.56 Å². The largest absolute Gasteiger partial charge is 0.309 e. The van der Waals surface area contributed by atoms with Crippen molar-refractivity contribution in [3.63, 3.8) is 0 Å². The molecule has 5 rings (SSSR count). The normalized spacial score (nSPS) is 16.4. The van der Waals surface area contributed by atoms with Crippen molar-refractivity contribution in [3.8, 4) is 0 Å². The van der Waals surface area contributed by atoms with Gasteiger partial charge in [0.05, 0.1) is 11.9 Å². The summed E-state index contributed by atoms with van der Waals surface area (Å²) < 4.78 is 0. The van der Waals surface area contributed by atoms with Crippen LogP contribution in [0.3, 0.4) is 0 Å². The standard InChI is InChI=1S/C23H27N3OS/c1-14(2)16-8-6-15(7-9-16)12-26(17-10-11-17)13-20-24-22(27)21-18-4-3-5-19(18)28-23(21)25-20/h6-9,14,17H,3-5,10-13H2,1-2H3,(H,24,25,27). The number of aromatic amines is 1. The van der Waals surface area contributed by atoms with E-state index in [4.69, 9.17) is 4.98 Å². The first-order valence-electron chi connectivity index (χ1n) is 10.4. The van der Waals surface area contributed by atoms with Gasteiger partial charge in [-0.3, -0.25) is 9.69 Å². The minimum atomic E-state index is 0.0523.